The molecular weight excluding hydrogens is 320 g/mol. The standard InChI is InChI=1S/C18H20N4O3/c1-10(2)17-20-16(21-25-17)13-5-4-8-22(13)18(23)15-9-12-14(24-15)7-6-11(3)19-12/h6-7,9-10,13H,4-5,8H2,1-3H3/t13-/m1/s1. The summed E-state index contributed by atoms with van der Waals surface area (Å²) in [5.74, 6) is 1.47. The van der Waals surface area contributed by atoms with Crippen LogP contribution in [0.15, 0.2) is 27.1 Å². The minimum Gasteiger partial charge on any atom is -0.449 e. The summed E-state index contributed by atoms with van der Waals surface area (Å²) in [6.45, 7) is 6.56. The molecule has 7 nitrogen and oxygen atoms in total. The van der Waals surface area contributed by atoms with Gasteiger partial charge in [0.1, 0.15) is 5.52 Å². The summed E-state index contributed by atoms with van der Waals surface area (Å²) in [6, 6.07) is 5.23. The largest absolute Gasteiger partial charge is 0.449 e. The molecule has 1 atom stereocenters. The third-order valence-corrected chi connectivity index (χ3v) is 4.49. The number of aromatic nitrogens is 3. The first-order valence-corrected chi connectivity index (χ1v) is 8.54. The van der Waals surface area contributed by atoms with Crippen molar-refractivity contribution in [2.45, 2.75) is 45.6 Å². The van der Waals surface area contributed by atoms with Gasteiger partial charge in [-0.1, -0.05) is 19.0 Å². The summed E-state index contributed by atoms with van der Waals surface area (Å²) < 4.78 is 11.0. The maximum atomic E-state index is 12.9. The zero-order valence-electron chi connectivity index (χ0n) is 14.5. The molecule has 4 heterocycles. The molecule has 1 amide bonds. The van der Waals surface area contributed by atoms with Crippen molar-refractivity contribution >= 4 is 17.0 Å². The summed E-state index contributed by atoms with van der Waals surface area (Å²) in [4.78, 5) is 23.6. The number of carbonyl (C=O) groups is 1. The van der Waals surface area contributed by atoms with E-state index in [1.165, 1.54) is 0 Å². The molecule has 25 heavy (non-hydrogen) atoms. The zero-order valence-corrected chi connectivity index (χ0v) is 14.5. The lowest BCUT2D eigenvalue weighted by Crippen LogP contribution is -2.30. The lowest BCUT2D eigenvalue weighted by molar-refractivity contribution is 0.0698. The van der Waals surface area contributed by atoms with Crippen molar-refractivity contribution in [3.05, 3.63) is 41.4 Å². The highest BCUT2D eigenvalue weighted by atomic mass is 16.5. The lowest BCUT2D eigenvalue weighted by atomic mass is 10.2. The van der Waals surface area contributed by atoms with Crippen molar-refractivity contribution in [2.24, 2.45) is 0 Å². The summed E-state index contributed by atoms with van der Waals surface area (Å²) >= 11 is 0. The van der Waals surface area contributed by atoms with Gasteiger partial charge in [-0.3, -0.25) is 4.79 Å². The van der Waals surface area contributed by atoms with Gasteiger partial charge < -0.3 is 13.8 Å². The van der Waals surface area contributed by atoms with Gasteiger partial charge in [0.05, 0.1) is 6.04 Å². The molecule has 1 aliphatic heterocycles. The van der Waals surface area contributed by atoms with Crippen LogP contribution in [0.1, 0.15) is 66.6 Å². The minimum atomic E-state index is -0.174. The van der Waals surface area contributed by atoms with Gasteiger partial charge in [-0.2, -0.15) is 4.98 Å². The van der Waals surface area contributed by atoms with Crippen LogP contribution >= 0.6 is 0 Å². The van der Waals surface area contributed by atoms with E-state index in [2.05, 4.69) is 15.1 Å². The Morgan fingerprint density at radius 1 is 1.32 bits per heavy atom. The second-order valence-corrected chi connectivity index (χ2v) is 6.75. The molecule has 0 aliphatic carbocycles. The maximum absolute atomic E-state index is 12.9. The first-order chi connectivity index (χ1) is 12.0. The number of furan rings is 1. The summed E-state index contributed by atoms with van der Waals surface area (Å²) in [5, 5.41) is 4.08. The molecule has 1 saturated heterocycles. The molecule has 0 N–H and O–H groups in total. The van der Waals surface area contributed by atoms with Crippen molar-refractivity contribution in [3.63, 3.8) is 0 Å². The first kappa shape index (κ1) is 15.8. The van der Waals surface area contributed by atoms with Crippen molar-refractivity contribution in [1.29, 1.82) is 0 Å². The van der Waals surface area contributed by atoms with Crippen LogP contribution in [0.2, 0.25) is 0 Å². The normalized spacial score (nSPS) is 17.8. The summed E-state index contributed by atoms with van der Waals surface area (Å²) in [7, 11) is 0. The Balaban J connectivity index is 1.62. The molecule has 0 radical (unpaired) electrons. The van der Waals surface area contributed by atoms with E-state index in [-0.39, 0.29) is 17.9 Å². The fourth-order valence-corrected chi connectivity index (χ4v) is 3.17. The van der Waals surface area contributed by atoms with Crippen LogP contribution in [0.25, 0.3) is 11.1 Å². The number of nitrogens with zero attached hydrogens (tertiary/aromatic N) is 4. The number of fused-ring (bicyclic) bond motifs is 1. The fourth-order valence-electron chi connectivity index (χ4n) is 3.17. The molecule has 3 aromatic rings. The van der Waals surface area contributed by atoms with E-state index in [1.807, 2.05) is 32.9 Å². The van der Waals surface area contributed by atoms with Crippen molar-refractivity contribution in [2.75, 3.05) is 6.54 Å². The average Bonchev–Trinajstić information content (AvgIpc) is 3.31. The molecule has 1 aliphatic rings. The Morgan fingerprint density at radius 2 is 2.16 bits per heavy atom. The van der Waals surface area contributed by atoms with Crippen molar-refractivity contribution in [3.8, 4) is 0 Å². The molecule has 0 unspecified atom stereocenters. The summed E-state index contributed by atoms with van der Waals surface area (Å²) in [5.41, 5.74) is 2.20. The van der Waals surface area contributed by atoms with Gasteiger partial charge in [-0.25, -0.2) is 4.98 Å². The number of hydrogen-bond acceptors (Lipinski definition) is 6. The molecule has 7 heteroatoms. The van der Waals surface area contributed by atoms with Crippen LogP contribution in [0.5, 0.6) is 0 Å². The van der Waals surface area contributed by atoms with E-state index in [1.54, 1.807) is 11.0 Å². The SMILES string of the molecule is Cc1ccc2oc(C(=O)N3CCC[C@@H]3c3noc(C(C)C)n3)cc2n1. The minimum absolute atomic E-state index is 0.158. The van der Waals surface area contributed by atoms with E-state index >= 15 is 0 Å². The molecule has 3 aromatic heterocycles. The Bertz CT molecular complexity index is 927. The summed E-state index contributed by atoms with van der Waals surface area (Å²) in [6.07, 6.45) is 1.72. The van der Waals surface area contributed by atoms with E-state index in [9.17, 15) is 4.79 Å². The third-order valence-electron chi connectivity index (χ3n) is 4.49. The third kappa shape index (κ3) is 2.79. The smallest absolute Gasteiger partial charge is 0.290 e. The Morgan fingerprint density at radius 3 is 2.92 bits per heavy atom. The highest BCUT2D eigenvalue weighted by Crippen LogP contribution is 2.33. The van der Waals surface area contributed by atoms with Gasteiger partial charge in [0.25, 0.3) is 5.91 Å². The Labute approximate surface area is 145 Å². The predicted octanol–water partition coefficient (Wildman–Crippen LogP) is 3.62. The van der Waals surface area contributed by atoms with Crippen molar-refractivity contribution < 1.29 is 13.7 Å². The maximum Gasteiger partial charge on any atom is 0.290 e. The highest BCUT2D eigenvalue weighted by molar-refractivity contribution is 5.95. The van der Waals surface area contributed by atoms with E-state index in [0.717, 1.165) is 18.5 Å². The molecule has 0 bridgehead atoms. The van der Waals surface area contributed by atoms with E-state index in [4.69, 9.17) is 8.94 Å². The lowest BCUT2D eigenvalue weighted by Gasteiger charge is -2.20. The molecule has 0 spiro atoms. The predicted molar refractivity (Wildman–Crippen MR) is 90.1 cm³/mol. The van der Waals surface area contributed by atoms with Gasteiger partial charge in [0.2, 0.25) is 5.89 Å². The van der Waals surface area contributed by atoms with Crippen LogP contribution in [0, 0.1) is 6.92 Å². The topological polar surface area (TPSA) is 85.3 Å². The monoisotopic (exact) mass is 340 g/mol. The molecule has 130 valence electrons. The Kier molecular flexibility index (Phi) is 3.78. The van der Waals surface area contributed by atoms with Crippen LogP contribution < -0.4 is 0 Å². The first-order valence-electron chi connectivity index (χ1n) is 8.54. The van der Waals surface area contributed by atoms with E-state index in [0.29, 0.717) is 35.1 Å². The van der Waals surface area contributed by atoms with Crippen LogP contribution in [-0.4, -0.2) is 32.5 Å². The second-order valence-electron chi connectivity index (χ2n) is 6.75. The van der Waals surface area contributed by atoms with Gasteiger partial charge in [0.15, 0.2) is 17.2 Å². The van der Waals surface area contributed by atoms with Gasteiger partial charge in [-0.15, -0.1) is 0 Å². The van der Waals surface area contributed by atoms with E-state index < -0.39 is 0 Å². The van der Waals surface area contributed by atoms with Crippen LogP contribution in [0.4, 0.5) is 0 Å². The highest BCUT2D eigenvalue weighted by Gasteiger charge is 2.35. The molecular formula is C18H20N4O3. The number of hydrogen-bond donors (Lipinski definition) is 0. The van der Waals surface area contributed by atoms with Crippen LogP contribution in [-0.2, 0) is 0 Å². The van der Waals surface area contributed by atoms with Crippen LogP contribution in [0.3, 0.4) is 0 Å². The van der Waals surface area contributed by atoms with Crippen molar-refractivity contribution in [1.82, 2.24) is 20.0 Å². The van der Waals surface area contributed by atoms with Gasteiger partial charge >= 0.3 is 0 Å². The number of pyridine rings is 1. The number of carbonyl (C=O) groups excluding carboxylic acids is 1. The molecule has 0 aromatic carbocycles. The number of amides is 1. The second kappa shape index (κ2) is 5.98. The average molecular weight is 340 g/mol. The molecule has 1 fully saturated rings. The van der Waals surface area contributed by atoms with Gasteiger partial charge in [0, 0.05) is 24.2 Å². The fraction of sp³-hybridized carbons (Fsp3) is 0.444. The number of rotatable bonds is 3. The Hall–Kier alpha value is -2.70. The number of likely N-dealkylation sites (tertiary alicyclic amines) is 1. The molecule has 4 rings (SSSR count). The quantitative estimate of drug-likeness (QED) is 0.724. The van der Waals surface area contributed by atoms with Gasteiger partial charge in [-0.05, 0) is 31.9 Å². The molecule has 0 saturated carbocycles. The number of aryl methyl sites for hydroxylation is 1. The zero-order chi connectivity index (χ0) is 17.6.